The molecule has 0 spiro atoms. The smallest absolute Gasteiger partial charge is 0.0610 e. The minimum Gasteiger partial charge on any atom is -0.394 e. The third kappa shape index (κ3) is 5.88. The maximum atomic E-state index is 9.61. The number of hydrogen-bond donors (Lipinski definition) is 2. The molecule has 0 aliphatic heterocycles. The lowest BCUT2D eigenvalue weighted by atomic mass is 9.71. The third-order valence-corrected chi connectivity index (χ3v) is 5.05. The summed E-state index contributed by atoms with van der Waals surface area (Å²) in [5, 5.41) is 13.2. The first-order chi connectivity index (χ1) is 9.82. The molecule has 2 rings (SSSR count). The first-order valence-electron chi connectivity index (χ1n) is 8.82. The normalized spacial score (nSPS) is 31.9. The van der Waals surface area contributed by atoms with Crippen molar-refractivity contribution in [2.24, 2.45) is 11.3 Å². The second-order valence-electron chi connectivity index (χ2n) is 8.65. The lowest BCUT2D eigenvalue weighted by molar-refractivity contribution is -0.0261. The first-order valence-corrected chi connectivity index (χ1v) is 8.82. The summed E-state index contributed by atoms with van der Waals surface area (Å²) >= 11 is 0. The number of rotatable bonds is 8. The van der Waals surface area contributed by atoms with Crippen LogP contribution in [0.25, 0.3) is 0 Å². The van der Waals surface area contributed by atoms with Crippen molar-refractivity contribution in [2.45, 2.75) is 90.3 Å². The van der Waals surface area contributed by atoms with Crippen LogP contribution in [0.5, 0.6) is 0 Å². The van der Waals surface area contributed by atoms with Crippen molar-refractivity contribution in [3.8, 4) is 0 Å². The molecular weight excluding hydrogens is 262 g/mol. The highest BCUT2D eigenvalue weighted by Gasteiger charge is 2.33. The van der Waals surface area contributed by atoms with Gasteiger partial charge in [-0.15, -0.1) is 0 Å². The second-order valence-corrected chi connectivity index (χ2v) is 8.65. The van der Waals surface area contributed by atoms with Crippen LogP contribution in [0, 0.1) is 11.3 Å². The summed E-state index contributed by atoms with van der Waals surface area (Å²) in [6.07, 6.45) is 8.70. The van der Waals surface area contributed by atoms with Crippen LogP contribution in [-0.2, 0) is 4.74 Å². The summed E-state index contributed by atoms with van der Waals surface area (Å²) < 4.78 is 6.14. The van der Waals surface area contributed by atoms with Crippen molar-refractivity contribution in [3.63, 3.8) is 0 Å². The second kappa shape index (κ2) is 6.97. The number of aliphatic hydroxyl groups excluding tert-OH is 1. The first kappa shape index (κ1) is 17.2. The monoisotopic (exact) mass is 297 g/mol. The van der Waals surface area contributed by atoms with Crippen molar-refractivity contribution in [2.75, 3.05) is 13.2 Å². The Balaban J connectivity index is 1.66. The van der Waals surface area contributed by atoms with Gasteiger partial charge < -0.3 is 15.2 Å². The third-order valence-electron chi connectivity index (χ3n) is 5.05. The molecule has 0 saturated heterocycles. The van der Waals surface area contributed by atoms with E-state index >= 15 is 0 Å². The van der Waals surface area contributed by atoms with E-state index in [-0.39, 0.29) is 12.1 Å². The summed E-state index contributed by atoms with van der Waals surface area (Å²) in [7, 11) is 0. The van der Waals surface area contributed by atoms with E-state index in [9.17, 15) is 5.11 Å². The van der Waals surface area contributed by atoms with E-state index in [4.69, 9.17) is 4.74 Å². The summed E-state index contributed by atoms with van der Waals surface area (Å²) in [6.45, 7) is 10.3. The molecule has 0 aromatic heterocycles. The van der Waals surface area contributed by atoms with Crippen LogP contribution in [0.15, 0.2) is 0 Å². The molecule has 0 aromatic carbocycles. The van der Waals surface area contributed by atoms with Gasteiger partial charge in [-0.3, -0.25) is 0 Å². The predicted octanol–water partition coefficient (Wildman–Crippen LogP) is 3.50. The maximum absolute atomic E-state index is 9.61. The van der Waals surface area contributed by atoms with Crippen molar-refractivity contribution in [1.29, 1.82) is 0 Å². The molecule has 0 heterocycles. The molecule has 3 heteroatoms. The van der Waals surface area contributed by atoms with Gasteiger partial charge in [0.15, 0.2) is 0 Å². The van der Waals surface area contributed by atoms with E-state index in [1.165, 1.54) is 32.1 Å². The van der Waals surface area contributed by atoms with Crippen molar-refractivity contribution in [1.82, 2.24) is 5.32 Å². The highest BCUT2D eigenvalue weighted by atomic mass is 16.5. The van der Waals surface area contributed by atoms with Crippen molar-refractivity contribution in [3.05, 3.63) is 0 Å². The number of aliphatic hydroxyl groups is 1. The van der Waals surface area contributed by atoms with Crippen LogP contribution in [0.4, 0.5) is 0 Å². The minimum atomic E-state index is -0.121. The fraction of sp³-hybridized carbons (Fsp3) is 1.00. The molecule has 2 fully saturated rings. The van der Waals surface area contributed by atoms with Crippen LogP contribution in [0.2, 0.25) is 0 Å². The zero-order chi connectivity index (χ0) is 15.5. The van der Waals surface area contributed by atoms with Gasteiger partial charge in [-0.2, -0.15) is 0 Å². The van der Waals surface area contributed by atoms with E-state index in [0.29, 0.717) is 17.6 Å². The van der Waals surface area contributed by atoms with Gasteiger partial charge in [-0.05, 0) is 63.2 Å². The SMILES string of the molecule is CC1CC(OCCCC(C)(CO)NC2CC2)CC(C)(C)C1. The summed E-state index contributed by atoms with van der Waals surface area (Å²) in [5.74, 6) is 0.776. The average Bonchev–Trinajstić information content (AvgIpc) is 3.16. The molecule has 2 N–H and O–H groups in total. The topological polar surface area (TPSA) is 41.5 Å². The molecule has 124 valence electrons. The van der Waals surface area contributed by atoms with E-state index in [0.717, 1.165) is 25.4 Å². The Hall–Kier alpha value is -0.120. The standard InChI is InChI=1S/C18H35NO2/c1-14-10-16(12-17(2,3)11-14)21-9-5-8-18(4,13-20)19-15-6-7-15/h14-16,19-20H,5-13H2,1-4H3. The van der Waals surface area contributed by atoms with Gasteiger partial charge in [0.1, 0.15) is 0 Å². The molecule has 3 atom stereocenters. The lowest BCUT2D eigenvalue weighted by Gasteiger charge is -2.39. The molecule has 0 aromatic rings. The Kier molecular flexibility index (Phi) is 5.72. The molecule has 21 heavy (non-hydrogen) atoms. The Bertz CT molecular complexity index is 327. The number of ether oxygens (including phenoxy) is 1. The van der Waals surface area contributed by atoms with Gasteiger partial charge in [0.05, 0.1) is 12.7 Å². The number of nitrogens with one attached hydrogen (secondary N) is 1. The van der Waals surface area contributed by atoms with Gasteiger partial charge in [0.25, 0.3) is 0 Å². The molecule has 0 radical (unpaired) electrons. The average molecular weight is 297 g/mol. The van der Waals surface area contributed by atoms with Gasteiger partial charge in [0.2, 0.25) is 0 Å². The van der Waals surface area contributed by atoms with Gasteiger partial charge >= 0.3 is 0 Å². The number of hydrogen-bond acceptors (Lipinski definition) is 3. The summed E-state index contributed by atoms with van der Waals surface area (Å²) in [4.78, 5) is 0. The quantitative estimate of drug-likeness (QED) is 0.674. The van der Waals surface area contributed by atoms with Crippen LogP contribution < -0.4 is 5.32 Å². The fourth-order valence-corrected chi connectivity index (χ4v) is 4.02. The molecule has 2 aliphatic carbocycles. The maximum Gasteiger partial charge on any atom is 0.0610 e. The van der Waals surface area contributed by atoms with Crippen molar-refractivity contribution < 1.29 is 9.84 Å². The Labute approximate surface area is 130 Å². The Morgan fingerprint density at radius 1 is 1.29 bits per heavy atom. The van der Waals surface area contributed by atoms with E-state index in [2.05, 4.69) is 33.0 Å². The van der Waals surface area contributed by atoms with Crippen LogP contribution >= 0.6 is 0 Å². The highest BCUT2D eigenvalue weighted by Crippen LogP contribution is 2.39. The largest absolute Gasteiger partial charge is 0.394 e. The molecular formula is C18H35NO2. The van der Waals surface area contributed by atoms with Gasteiger partial charge in [0, 0.05) is 18.2 Å². The fourth-order valence-electron chi connectivity index (χ4n) is 4.02. The van der Waals surface area contributed by atoms with Gasteiger partial charge in [-0.1, -0.05) is 20.8 Å². The predicted molar refractivity (Wildman–Crippen MR) is 87.4 cm³/mol. The molecule has 0 amide bonds. The highest BCUT2D eigenvalue weighted by molar-refractivity contribution is 4.92. The Morgan fingerprint density at radius 3 is 2.57 bits per heavy atom. The van der Waals surface area contributed by atoms with Crippen LogP contribution in [-0.4, -0.2) is 36.0 Å². The minimum absolute atomic E-state index is 0.121. The molecule has 0 bridgehead atoms. The molecule has 3 nitrogen and oxygen atoms in total. The molecule has 2 saturated carbocycles. The molecule has 2 aliphatic rings. The zero-order valence-corrected chi connectivity index (χ0v) is 14.5. The molecule has 3 unspecified atom stereocenters. The van der Waals surface area contributed by atoms with Gasteiger partial charge in [-0.25, -0.2) is 0 Å². The lowest BCUT2D eigenvalue weighted by Crippen LogP contribution is -2.47. The van der Waals surface area contributed by atoms with Crippen LogP contribution in [0.1, 0.15) is 72.6 Å². The summed E-state index contributed by atoms with van der Waals surface area (Å²) in [6, 6.07) is 0.642. The summed E-state index contributed by atoms with van der Waals surface area (Å²) in [5.41, 5.74) is 0.305. The Morgan fingerprint density at radius 2 is 2.00 bits per heavy atom. The van der Waals surface area contributed by atoms with Crippen LogP contribution in [0.3, 0.4) is 0 Å². The zero-order valence-electron chi connectivity index (χ0n) is 14.5. The van der Waals surface area contributed by atoms with E-state index in [1.807, 2.05) is 0 Å². The van der Waals surface area contributed by atoms with E-state index < -0.39 is 0 Å². The van der Waals surface area contributed by atoms with E-state index in [1.54, 1.807) is 0 Å². The van der Waals surface area contributed by atoms with Crippen molar-refractivity contribution >= 4 is 0 Å².